The summed E-state index contributed by atoms with van der Waals surface area (Å²) in [5.41, 5.74) is 2.53. The van der Waals surface area contributed by atoms with Crippen LogP contribution in [0.3, 0.4) is 0 Å². The summed E-state index contributed by atoms with van der Waals surface area (Å²) >= 11 is 3.53. The molecule has 0 spiro atoms. The van der Waals surface area contributed by atoms with E-state index < -0.39 is 0 Å². The molecule has 26 heavy (non-hydrogen) atoms. The van der Waals surface area contributed by atoms with Crippen molar-refractivity contribution < 1.29 is 4.79 Å². The van der Waals surface area contributed by atoms with Crippen molar-refractivity contribution in [2.45, 2.75) is 12.5 Å². The van der Waals surface area contributed by atoms with Gasteiger partial charge in [0.05, 0.1) is 24.2 Å². The first-order valence-corrected chi connectivity index (χ1v) is 10.1. The number of carbonyl (C=O) groups is 1. The lowest BCUT2D eigenvalue weighted by Crippen LogP contribution is -2.40. The number of nitrogens with zero attached hydrogens (tertiary/aromatic N) is 2. The Hall–Kier alpha value is -2.46. The molecule has 0 radical (unpaired) electrons. The lowest BCUT2D eigenvalue weighted by molar-refractivity contribution is -0.117. The molecule has 1 amide bonds. The summed E-state index contributed by atoms with van der Waals surface area (Å²) < 4.78 is 0. The highest BCUT2D eigenvalue weighted by Crippen LogP contribution is 2.39. The summed E-state index contributed by atoms with van der Waals surface area (Å²) in [6.07, 6.45) is 0.978. The molecule has 1 aliphatic heterocycles. The molecular weight excluding hydrogens is 362 g/mol. The Morgan fingerprint density at radius 3 is 2.96 bits per heavy atom. The third-order valence-corrected chi connectivity index (χ3v) is 6.42. The number of anilines is 1. The van der Waals surface area contributed by atoms with Gasteiger partial charge in [-0.25, -0.2) is 0 Å². The first-order chi connectivity index (χ1) is 12.7. The minimum absolute atomic E-state index is 0.0553. The van der Waals surface area contributed by atoms with Crippen LogP contribution in [0.15, 0.2) is 53.2 Å². The number of thiophene rings is 2. The van der Waals surface area contributed by atoms with Crippen LogP contribution in [0.1, 0.15) is 26.9 Å². The molecule has 2 aromatic heterocycles. The monoisotopic (exact) mass is 379 g/mol. The highest BCUT2D eigenvalue weighted by molar-refractivity contribution is 7.10. The van der Waals surface area contributed by atoms with E-state index in [1.54, 1.807) is 40.9 Å². The molecule has 6 heteroatoms. The highest BCUT2D eigenvalue weighted by Gasteiger charge is 2.31. The molecule has 0 bridgehead atoms. The molecule has 0 aliphatic carbocycles. The number of hydrogen-bond donors (Lipinski definition) is 1. The maximum Gasteiger partial charge on any atom is 0.238 e. The summed E-state index contributed by atoms with van der Waals surface area (Å²) in [4.78, 5) is 17.5. The number of amides is 1. The van der Waals surface area contributed by atoms with Crippen molar-refractivity contribution >= 4 is 34.3 Å². The second-order valence-corrected chi connectivity index (χ2v) is 8.16. The van der Waals surface area contributed by atoms with E-state index in [2.05, 4.69) is 45.2 Å². The number of hydrogen-bond acceptors (Lipinski definition) is 5. The van der Waals surface area contributed by atoms with E-state index in [0.29, 0.717) is 17.8 Å². The quantitative estimate of drug-likeness (QED) is 0.737. The fourth-order valence-electron chi connectivity index (χ4n) is 3.37. The van der Waals surface area contributed by atoms with Gasteiger partial charge in [-0.2, -0.15) is 5.26 Å². The normalized spacial score (nSPS) is 16.7. The Morgan fingerprint density at radius 1 is 1.23 bits per heavy atom. The van der Waals surface area contributed by atoms with Gasteiger partial charge in [0.15, 0.2) is 0 Å². The predicted molar refractivity (Wildman–Crippen MR) is 106 cm³/mol. The molecule has 130 valence electrons. The molecular formula is C20H17N3OS2. The van der Waals surface area contributed by atoms with Crippen molar-refractivity contribution in [2.75, 3.05) is 18.4 Å². The highest BCUT2D eigenvalue weighted by atomic mass is 32.1. The van der Waals surface area contributed by atoms with Crippen LogP contribution < -0.4 is 5.32 Å². The van der Waals surface area contributed by atoms with Gasteiger partial charge in [0.1, 0.15) is 0 Å². The first-order valence-electron chi connectivity index (χ1n) is 8.38. The van der Waals surface area contributed by atoms with Gasteiger partial charge in [0.2, 0.25) is 5.91 Å². The Labute approximate surface area is 160 Å². The fourth-order valence-corrected chi connectivity index (χ4v) is 5.15. The summed E-state index contributed by atoms with van der Waals surface area (Å²) in [6.45, 7) is 1.19. The van der Waals surface area contributed by atoms with Crippen molar-refractivity contribution in [3.05, 3.63) is 74.1 Å². The molecule has 1 aliphatic rings. The molecule has 3 aromatic rings. The Balaban J connectivity index is 1.53. The lowest BCUT2D eigenvalue weighted by Gasteiger charge is -2.34. The molecule has 0 saturated heterocycles. The molecule has 0 unspecified atom stereocenters. The topological polar surface area (TPSA) is 56.1 Å². The number of benzene rings is 1. The Bertz CT molecular complexity index is 956. The average molecular weight is 380 g/mol. The van der Waals surface area contributed by atoms with E-state index in [1.165, 1.54) is 15.3 Å². The van der Waals surface area contributed by atoms with Gasteiger partial charge in [0.25, 0.3) is 0 Å². The van der Waals surface area contributed by atoms with Gasteiger partial charge in [-0.15, -0.1) is 22.7 Å². The number of nitriles is 1. The van der Waals surface area contributed by atoms with E-state index in [4.69, 9.17) is 5.26 Å². The summed E-state index contributed by atoms with van der Waals surface area (Å²) in [5.74, 6) is -0.0553. The van der Waals surface area contributed by atoms with Crippen LogP contribution in [0, 0.1) is 11.3 Å². The zero-order valence-corrected chi connectivity index (χ0v) is 15.6. The molecule has 1 N–H and O–H groups in total. The summed E-state index contributed by atoms with van der Waals surface area (Å²) in [6, 6.07) is 15.6. The van der Waals surface area contributed by atoms with Crippen molar-refractivity contribution in [3.63, 3.8) is 0 Å². The molecule has 1 aromatic carbocycles. The van der Waals surface area contributed by atoms with Crippen molar-refractivity contribution in [1.82, 2.24) is 4.90 Å². The zero-order chi connectivity index (χ0) is 17.9. The Kier molecular flexibility index (Phi) is 4.85. The van der Waals surface area contributed by atoms with Crippen molar-refractivity contribution in [2.24, 2.45) is 0 Å². The minimum Gasteiger partial charge on any atom is -0.325 e. The molecule has 0 fully saturated rings. The molecule has 4 rings (SSSR count). The zero-order valence-electron chi connectivity index (χ0n) is 14.0. The standard InChI is InChI=1S/C20H17N3OS2/c21-12-14-3-1-4-15(11-14)22-19(24)13-23-8-6-17-16(7-10-26-17)20(23)18-5-2-9-25-18/h1-5,7,9-11,20H,6,8,13H2,(H,22,24)/t20-/m1/s1. The van der Waals surface area contributed by atoms with Crippen molar-refractivity contribution in [1.29, 1.82) is 5.26 Å². The van der Waals surface area contributed by atoms with Gasteiger partial charge >= 0.3 is 0 Å². The third-order valence-electron chi connectivity index (χ3n) is 4.50. The maximum absolute atomic E-state index is 12.6. The van der Waals surface area contributed by atoms with Crippen LogP contribution >= 0.6 is 22.7 Å². The van der Waals surface area contributed by atoms with E-state index in [0.717, 1.165) is 13.0 Å². The number of fused-ring (bicyclic) bond motifs is 1. The molecule has 0 saturated carbocycles. The van der Waals surface area contributed by atoms with E-state index in [9.17, 15) is 4.79 Å². The number of nitrogens with one attached hydrogen (secondary N) is 1. The van der Waals surface area contributed by atoms with Crippen molar-refractivity contribution in [3.8, 4) is 6.07 Å². The van der Waals surface area contributed by atoms with Gasteiger partial charge in [-0.3, -0.25) is 9.69 Å². The van der Waals surface area contributed by atoms with E-state index in [-0.39, 0.29) is 11.9 Å². The second-order valence-electron chi connectivity index (χ2n) is 6.18. The minimum atomic E-state index is -0.0553. The second kappa shape index (κ2) is 7.42. The van der Waals surface area contributed by atoms with Gasteiger partial charge in [-0.1, -0.05) is 12.1 Å². The van der Waals surface area contributed by atoms with Gasteiger partial charge in [0, 0.05) is 22.0 Å². The summed E-state index contributed by atoms with van der Waals surface area (Å²) in [5, 5.41) is 16.1. The number of rotatable bonds is 4. The first kappa shape index (κ1) is 17.0. The van der Waals surface area contributed by atoms with Crippen LogP contribution in [0.2, 0.25) is 0 Å². The number of carbonyl (C=O) groups excluding carboxylic acids is 1. The lowest BCUT2D eigenvalue weighted by atomic mass is 9.98. The van der Waals surface area contributed by atoms with Gasteiger partial charge in [-0.05, 0) is 53.1 Å². The average Bonchev–Trinajstić information content (AvgIpc) is 3.33. The smallest absolute Gasteiger partial charge is 0.238 e. The largest absolute Gasteiger partial charge is 0.325 e. The van der Waals surface area contributed by atoms with Gasteiger partial charge < -0.3 is 5.32 Å². The fraction of sp³-hybridized carbons (Fsp3) is 0.200. The van der Waals surface area contributed by atoms with E-state index in [1.807, 2.05) is 6.07 Å². The SMILES string of the molecule is N#Cc1cccc(NC(=O)CN2CCc3sccc3[C@@H]2c2cccs2)c1. The van der Waals surface area contributed by atoms with Crippen LogP contribution in [0.5, 0.6) is 0 Å². The van der Waals surface area contributed by atoms with Crippen LogP contribution in [-0.2, 0) is 11.2 Å². The van der Waals surface area contributed by atoms with E-state index >= 15 is 0 Å². The Morgan fingerprint density at radius 2 is 2.15 bits per heavy atom. The van der Waals surface area contributed by atoms with Crippen LogP contribution in [0.4, 0.5) is 5.69 Å². The van der Waals surface area contributed by atoms with Crippen LogP contribution in [0.25, 0.3) is 0 Å². The third kappa shape index (κ3) is 3.42. The molecule has 4 nitrogen and oxygen atoms in total. The summed E-state index contributed by atoms with van der Waals surface area (Å²) in [7, 11) is 0. The molecule has 1 atom stereocenters. The molecule has 3 heterocycles. The predicted octanol–water partition coefficient (Wildman–Crippen LogP) is 4.27. The maximum atomic E-state index is 12.6. The van der Waals surface area contributed by atoms with Crippen LogP contribution in [-0.4, -0.2) is 23.9 Å².